The fraction of sp³-hybridized carbons (Fsp3) is 0.500. The molecule has 0 unspecified atom stereocenters. The van der Waals surface area contributed by atoms with Crippen molar-refractivity contribution in [3.63, 3.8) is 0 Å². The van der Waals surface area contributed by atoms with Gasteiger partial charge in [0.05, 0.1) is 0 Å². The molecule has 0 heterocycles. The van der Waals surface area contributed by atoms with E-state index in [1.807, 2.05) is 0 Å². The van der Waals surface area contributed by atoms with Gasteiger partial charge in [0, 0.05) is 17.1 Å². The second-order valence-corrected chi connectivity index (χ2v) is 4.77. The van der Waals surface area contributed by atoms with E-state index in [0.29, 0.717) is 6.04 Å². The van der Waals surface area contributed by atoms with Crippen molar-refractivity contribution in [2.45, 2.75) is 26.3 Å². The van der Waals surface area contributed by atoms with Crippen molar-refractivity contribution in [2.75, 3.05) is 13.6 Å². The first-order valence-electron chi connectivity index (χ1n) is 5.05. The Kier molecular flexibility index (Phi) is 4.63. The van der Waals surface area contributed by atoms with Crippen LogP contribution < -0.4 is 0 Å². The number of hydrogen-bond donors (Lipinski definition) is 0. The Labute approximate surface area is 95.2 Å². The zero-order valence-corrected chi connectivity index (χ0v) is 10.7. The maximum Gasteiger partial charge on any atom is 0.0207 e. The monoisotopic (exact) mass is 255 g/mol. The molecule has 1 rings (SSSR count). The summed E-state index contributed by atoms with van der Waals surface area (Å²) in [5.74, 6) is 0. The summed E-state index contributed by atoms with van der Waals surface area (Å²) < 4.78 is 1.22. The molecule has 14 heavy (non-hydrogen) atoms. The highest BCUT2D eigenvalue weighted by molar-refractivity contribution is 9.10. The number of rotatable bonds is 4. The fourth-order valence-electron chi connectivity index (χ4n) is 1.26. The van der Waals surface area contributed by atoms with Crippen LogP contribution in [0, 0.1) is 0 Å². The van der Waals surface area contributed by atoms with E-state index in [0.717, 1.165) is 13.0 Å². The van der Waals surface area contributed by atoms with Gasteiger partial charge in [-0.15, -0.1) is 0 Å². The summed E-state index contributed by atoms with van der Waals surface area (Å²) in [6.45, 7) is 5.56. The van der Waals surface area contributed by atoms with Crippen LogP contribution in [0.1, 0.15) is 19.4 Å². The molecule has 1 nitrogen and oxygen atoms in total. The molecule has 0 bridgehead atoms. The average Bonchev–Trinajstić information content (AvgIpc) is 2.16. The molecule has 2 heteroatoms. The molecule has 0 fully saturated rings. The third-order valence-corrected chi connectivity index (χ3v) is 3.35. The fourth-order valence-corrected chi connectivity index (χ4v) is 1.74. The lowest BCUT2D eigenvalue weighted by Crippen LogP contribution is -2.28. The molecular weight excluding hydrogens is 238 g/mol. The molecule has 0 saturated carbocycles. The second-order valence-electron chi connectivity index (χ2n) is 3.92. The first-order chi connectivity index (χ1) is 6.61. The Morgan fingerprint density at radius 2 is 1.93 bits per heavy atom. The highest BCUT2D eigenvalue weighted by Gasteiger charge is 2.04. The van der Waals surface area contributed by atoms with E-state index >= 15 is 0 Å². The van der Waals surface area contributed by atoms with Gasteiger partial charge in [-0.2, -0.15) is 0 Å². The Bertz CT molecular complexity index is 283. The SMILES string of the molecule is CC(C)N(C)CCc1ccccc1Br. The third kappa shape index (κ3) is 3.43. The minimum Gasteiger partial charge on any atom is -0.304 e. The molecule has 0 aliphatic carbocycles. The number of hydrogen-bond acceptors (Lipinski definition) is 1. The van der Waals surface area contributed by atoms with Gasteiger partial charge in [-0.3, -0.25) is 0 Å². The molecule has 0 aliphatic heterocycles. The van der Waals surface area contributed by atoms with Crippen LogP contribution in [0.15, 0.2) is 28.7 Å². The maximum absolute atomic E-state index is 3.56. The molecule has 78 valence electrons. The van der Waals surface area contributed by atoms with E-state index in [1.54, 1.807) is 0 Å². The quantitative estimate of drug-likeness (QED) is 0.798. The topological polar surface area (TPSA) is 3.24 Å². The minimum absolute atomic E-state index is 0.623. The summed E-state index contributed by atoms with van der Waals surface area (Å²) >= 11 is 3.56. The molecular formula is C12H18BrN. The van der Waals surface area contributed by atoms with Crippen molar-refractivity contribution < 1.29 is 0 Å². The van der Waals surface area contributed by atoms with Gasteiger partial charge < -0.3 is 4.90 Å². The summed E-state index contributed by atoms with van der Waals surface area (Å²) in [5, 5.41) is 0. The predicted molar refractivity (Wildman–Crippen MR) is 65.6 cm³/mol. The van der Waals surface area contributed by atoms with Crippen LogP contribution in [0.4, 0.5) is 0 Å². The van der Waals surface area contributed by atoms with Gasteiger partial charge in [-0.1, -0.05) is 34.1 Å². The lowest BCUT2D eigenvalue weighted by molar-refractivity contribution is 0.277. The summed E-state index contributed by atoms with van der Waals surface area (Å²) in [6, 6.07) is 9.05. The normalized spacial score (nSPS) is 11.3. The molecule has 1 aromatic rings. The standard InChI is InChI=1S/C12H18BrN/c1-10(2)14(3)9-8-11-6-4-5-7-12(11)13/h4-7,10H,8-9H2,1-3H3. The lowest BCUT2D eigenvalue weighted by atomic mass is 10.1. The molecule has 0 amide bonds. The average molecular weight is 256 g/mol. The van der Waals surface area contributed by atoms with Crippen LogP contribution >= 0.6 is 15.9 Å². The van der Waals surface area contributed by atoms with Gasteiger partial charge >= 0.3 is 0 Å². The van der Waals surface area contributed by atoms with Crippen molar-refractivity contribution in [2.24, 2.45) is 0 Å². The van der Waals surface area contributed by atoms with Gasteiger partial charge in [-0.25, -0.2) is 0 Å². The van der Waals surface area contributed by atoms with Gasteiger partial charge in [-0.05, 0) is 38.9 Å². The second kappa shape index (κ2) is 5.52. The van der Waals surface area contributed by atoms with Crippen LogP contribution in [0.5, 0.6) is 0 Å². The largest absolute Gasteiger partial charge is 0.304 e. The van der Waals surface area contributed by atoms with Gasteiger partial charge in [0.1, 0.15) is 0 Å². The van der Waals surface area contributed by atoms with E-state index in [9.17, 15) is 0 Å². The van der Waals surface area contributed by atoms with E-state index in [4.69, 9.17) is 0 Å². The number of likely N-dealkylation sites (N-methyl/N-ethyl adjacent to an activating group) is 1. The minimum atomic E-state index is 0.623. The van der Waals surface area contributed by atoms with E-state index in [-0.39, 0.29) is 0 Å². The molecule has 1 aromatic carbocycles. The summed E-state index contributed by atoms with van der Waals surface area (Å²) in [5.41, 5.74) is 1.39. The van der Waals surface area contributed by atoms with E-state index < -0.39 is 0 Å². The first kappa shape index (κ1) is 11.7. The molecule has 0 radical (unpaired) electrons. The Balaban J connectivity index is 2.50. The van der Waals surface area contributed by atoms with E-state index in [1.165, 1.54) is 10.0 Å². The van der Waals surface area contributed by atoms with Gasteiger partial charge in [0.25, 0.3) is 0 Å². The van der Waals surface area contributed by atoms with Gasteiger partial charge in [0.15, 0.2) is 0 Å². The molecule has 0 spiro atoms. The Hall–Kier alpha value is -0.340. The highest BCUT2D eigenvalue weighted by atomic mass is 79.9. The first-order valence-corrected chi connectivity index (χ1v) is 5.84. The van der Waals surface area contributed by atoms with Crippen LogP contribution in [0.25, 0.3) is 0 Å². The number of halogens is 1. The van der Waals surface area contributed by atoms with Crippen molar-refractivity contribution >= 4 is 15.9 Å². The third-order valence-electron chi connectivity index (χ3n) is 2.57. The van der Waals surface area contributed by atoms with Gasteiger partial charge in [0.2, 0.25) is 0 Å². The predicted octanol–water partition coefficient (Wildman–Crippen LogP) is 3.33. The molecule has 0 N–H and O–H groups in total. The molecule has 0 aromatic heterocycles. The molecule has 0 saturated heterocycles. The Morgan fingerprint density at radius 1 is 1.29 bits per heavy atom. The molecule has 0 atom stereocenters. The van der Waals surface area contributed by atoms with Crippen LogP contribution in [0.2, 0.25) is 0 Å². The number of benzene rings is 1. The van der Waals surface area contributed by atoms with Crippen LogP contribution in [0.3, 0.4) is 0 Å². The van der Waals surface area contributed by atoms with Crippen molar-refractivity contribution in [3.8, 4) is 0 Å². The zero-order valence-electron chi connectivity index (χ0n) is 9.13. The van der Waals surface area contributed by atoms with Crippen molar-refractivity contribution in [1.82, 2.24) is 4.90 Å². The summed E-state index contributed by atoms with van der Waals surface area (Å²) in [7, 11) is 2.17. The number of nitrogens with zero attached hydrogens (tertiary/aromatic N) is 1. The van der Waals surface area contributed by atoms with Crippen molar-refractivity contribution in [3.05, 3.63) is 34.3 Å². The van der Waals surface area contributed by atoms with E-state index in [2.05, 4.69) is 66.0 Å². The lowest BCUT2D eigenvalue weighted by Gasteiger charge is -2.20. The summed E-state index contributed by atoms with van der Waals surface area (Å²) in [4.78, 5) is 2.36. The zero-order chi connectivity index (χ0) is 10.6. The smallest absolute Gasteiger partial charge is 0.0207 e. The highest BCUT2D eigenvalue weighted by Crippen LogP contribution is 2.16. The van der Waals surface area contributed by atoms with Crippen LogP contribution in [-0.2, 0) is 6.42 Å². The van der Waals surface area contributed by atoms with Crippen LogP contribution in [-0.4, -0.2) is 24.5 Å². The maximum atomic E-state index is 3.56. The molecule has 0 aliphatic rings. The van der Waals surface area contributed by atoms with Crippen molar-refractivity contribution in [1.29, 1.82) is 0 Å². The Morgan fingerprint density at radius 3 is 2.50 bits per heavy atom. The summed E-state index contributed by atoms with van der Waals surface area (Å²) in [6.07, 6.45) is 1.11.